The molecule has 0 saturated carbocycles. The molecule has 0 unspecified atom stereocenters. The van der Waals surface area contributed by atoms with Gasteiger partial charge in [-0.05, 0) is 102 Å². The van der Waals surface area contributed by atoms with Gasteiger partial charge in [-0.1, -0.05) is 147 Å². The van der Waals surface area contributed by atoms with E-state index in [4.69, 9.17) is 14.2 Å². The van der Waals surface area contributed by atoms with Crippen LogP contribution in [-0.2, 0) is 47.9 Å². The molecule has 64 heavy (non-hydrogen) atoms. The number of anilines is 3. The molecule has 6 aromatic carbocycles. The number of para-hydroxylation sites is 1. The lowest BCUT2D eigenvalue weighted by Gasteiger charge is -2.25. The Morgan fingerprint density at radius 3 is 1.09 bits per heavy atom. The molecule has 0 spiro atoms. The van der Waals surface area contributed by atoms with Gasteiger partial charge in [-0.2, -0.15) is 0 Å². The fourth-order valence-electron chi connectivity index (χ4n) is 7.05. The van der Waals surface area contributed by atoms with Gasteiger partial charge in [0.15, 0.2) is 0 Å². The summed E-state index contributed by atoms with van der Waals surface area (Å²) in [5.74, 6) is -1.17. The summed E-state index contributed by atoms with van der Waals surface area (Å²) in [7, 11) is 0. The first kappa shape index (κ1) is 46.0. The van der Waals surface area contributed by atoms with E-state index in [1.807, 2.05) is 18.2 Å². The molecular formula is C57H55NO6. The van der Waals surface area contributed by atoms with Gasteiger partial charge in [-0.15, -0.1) is 0 Å². The molecule has 0 amide bonds. The number of esters is 3. The molecule has 0 heterocycles. The second kappa shape index (κ2) is 22.5. The lowest BCUT2D eigenvalue weighted by molar-refractivity contribution is -0.139. The zero-order chi connectivity index (χ0) is 45.4. The maximum Gasteiger partial charge on any atom is 0.333 e. The monoisotopic (exact) mass is 849 g/mol. The van der Waals surface area contributed by atoms with E-state index >= 15 is 0 Å². The number of rotatable bonds is 20. The number of hydrogen-bond donors (Lipinski definition) is 0. The summed E-state index contributed by atoms with van der Waals surface area (Å²) in [5, 5.41) is 0. The zero-order valence-electron chi connectivity index (χ0n) is 36.9. The van der Waals surface area contributed by atoms with Crippen molar-refractivity contribution in [2.45, 2.75) is 46.0 Å². The van der Waals surface area contributed by atoms with Crippen molar-refractivity contribution in [3.8, 4) is 0 Å². The van der Waals surface area contributed by atoms with Crippen molar-refractivity contribution >= 4 is 47.1 Å². The molecule has 0 atom stereocenters. The molecule has 0 radical (unpaired) electrons. The van der Waals surface area contributed by atoms with Crippen LogP contribution in [-0.4, -0.2) is 37.7 Å². The lowest BCUT2D eigenvalue weighted by Crippen LogP contribution is -2.10. The Kier molecular flexibility index (Phi) is 16.2. The third-order valence-corrected chi connectivity index (χ3v) is 10.6. The number of benzene rings is 6. The van der Waals surface area contributed by atoms with E-state index in [9.17, 15) is 14.4 Å². The molecule has 0 fully saturated rings. The molecule has 0 N–H and O–H groups in total. The highest BCUT2D eigenvalue weighted by Crippen LogP contribution is 2.36. The molecule has 324 valence electrons. The molecule has 0 aliphatic rings. The van der Waals surface area contributed by atoms with Crippen molar-refractivity contribution in [1.82, 2.24) is 0 Å². The van der Waals surface area contributed by atoms with Crippen LogP contribution in [0, 0.1) is 0 Å². The molecule has 7 nitrogen and oxygen atoms in total. The van der Waals surface area contributed by atoms with E-state index in [0.717, 1.165) is 61.6 Å². The Morgan fingerprint density at radius 2 is 0.734 bits per heavy atom. The third kappa shape index (κ3) is 13.0. The Balaban J connectivity index is 1.17. The second-order valence-corrected chi connectivity index (χ2v) is 15.8. The summed E-state index contributed by atoms with van der Waals surface area (Å²) in [6, 6.07) is 52.7. The van der Waals surface area contributed by atoms with Crippen LogP contribution in [0.5, 0.6) is 0 Å². The molecule has 7 heteroatoms. The van der Waals surface area contributed by atoms with Crippen molar-refractivity contribution in [1.29, 1.82) is 0 Å². The molecule has 6 rings (SSSR count). The maximum absolute atomic E-state index is 11.9. The van der Waals surface area contributed by atoms with E-state index in [-0.39, 0.29) is 37.0 Å². The standard InChI is InChI=1S/C57H55NO6/c1-40(2)55(59)62-37-34-45-16-26-49(27-17-45)54(50-28-18-46(19-29-50)35-38-63-56(60)41(3)4)48-24-14-43(15-25-48)12-13-44-20-30-52(31-21-44)58(51-10-8-7-9-11-51)53-32-22-47(23-33-53)36-39-64-57(61)42(5)6/h7-33,54H,1,3,5,34-39H2,2,4,6H3/b13-12+. The van der Waals surface area contributed by atoms with Crippen LogP contribution in [0.3, 0.4) is 0 Å². The van der Waals surface area contributed by atoms with E-state index in [1.165, 1.54) is 0 Å². The van der Waals surface area contributed by atoms with Crippen LogP contribution in [0.15, 0.2) is 188 Å². The van der Waals surface area contributed by atoms with Gasteiger partial charge in [0.1, 0.15) is 0 Å². The summed E-state index contributed by atoms with van der Waals surface area (Å²) in [4.78, 5) is 37.8. The summed E-state index contributed by atoms with van der Waals surface area (Å²) in [6.45, 7) is 16.8. The highest BCUT2D eigenvalue weighted by atomic mass is 16.5. The van der Waals surface area contributed by atoms with E-state index < -0.39 is 0 Å². The number of nitrogens with zero attached hydrogens (tertiary/aromatic N) is 1. The van der Waals surface area contributed by atoms with Crippen LogP contribution in [0.2, 0.25) is 0 Å². The first-order valence-corrected chi connectivity index (χ1v) is 21.4. The Bertz CT molecular complexity index is 2500. The Hall–Kier alpha value is -7.51. The van der Waals surface area contributed by atoms with Gasteiger partial charge in [0.25, 0.3) is 0 Å². The SMILES string of the molecule is C=C(C)C(=O)OCCc1ccc(C(c2ccc(/C=C/c3ccc(N(c4ccccc4)c4ccc(CCOC(=O)C(=C)C)cc4)cc3)cc2)c2ccc(CCOC(=O)C(=C)C)cc2)cc1. The zero-order valence-corrected chi connectivity index (χ0v) is 36.9. The Labute approximate surface area is 377 Å². The van der Waals surface area contributed by atoms with Gasteiger partial charge < -0.3 is 19.1 Å². The number of carbonyl (C=O) groups is 3. The average Bonchev–Trinajstić information content (AvgIpc) is 3.31. The molecular weight excluding hydrogens is 795 g/mol. The fraction of sp³-hybridized carbons (Fsp3) is 0.175. The normalized spacial score (nSPS) is 10.9. The summed E-state index contributed by atoms with van der Waals surface area (Å²) < 4.78 is 16.0. The van der Waals surface area contributed by atoms with Crippen molar-refractivity contribution in [2.24, 2.45) is 0 Å². The van der Waals surface area contributed by atoms with Crippen LogP contribution in [0.4, 0.5) is 17.1 Å². The van der Waals surface area contributed by atoms with Gasteiger partial charge in [0, 0.05) is 59.0 Å². The number of ether oxygens (including phenoxy) is 3. The quantitative estimate of drug-likeness (QED) is 0.0249. The first-order chi connectivity index (χ1) is 30.9. The predicted octanol–water partition coefficient (Wildman–Crippen LogP) is 12.5. The molecule has 0 aliphatic heterocycles. The minimum absolute atomic E-state index is 0.0359. The van der Waals surface area contributed by atoms with Crippen molar-refractivity contribution in [3.63, 3.8) is 0 Å². The average molecular weight is 850 g/mol. The highest BCUT2D eigenvalue weighted by molar-refractivity contribution is 5.88. The largest absolute Gasteiger partial charge is 0.462 e. The van der Waals surface area contributed by atoms with Crippen molar-refractivity contribution < 1.29 is 28.6 Å². The van der Waals surface area contributed by atoms with Crippen molar-refractivity contribution in [3.05, 3.63) is 233 Å². The molecule has 0 aliphatic carbocycles. The van der Waals surface area contributed by atoms with Crippen LogP contribution >= 0.6 is 0 Å². The van der Waals surface area contributed by atoms with E-state index in [0.29, 0.717) is 42.6 Å². The molecule has 0 saturated heterocycles. The number of hydrogen-bond acceptors (Lipinski definition) is 7. The minimum atomic E-state index is -0.381. The second-order valence-electron chi connectivity index (χ2n) is 15.8. The molecule has 0 aromatic heterocycles. The van der Waals surface area contributed by atoms with E-state index in [2.05, 4.69) is 170 Å². The minimum Gasteiger partial charge on any atom is -0.462 e. The topological polar surface area (TPSA) is 82.1 Å². The first-order valence-electron chi connectivity index (χ1n) is 21.4. The van der Waals surface area contributed by atoms with Gasteiger partial charge >= 0.3 is 17.9 Å². The highest BCUT2D eigenvalue weighted by Gasteiger charge is 2.18. The Morgan fingerprint density at radius 1 is 0.438 bits per heavy atom. The summed E-state index contributed by atoms with van der Waals surface area (Å²) in [6.07, 6.45) is 6.08. The van der Waals surface area contributed by atoms with Gasteiger partial charge in [0.2, 0.25) is 0 Å². The van der Waals surface area contributed by atoms with Crippen LogP contribution in [0.1, 0.15) is 71.2 Å². The van der Waals surface area contributed by atoms with Gasteiger partial charge in [-0.3, -0.25) is 0 Å². The molecule has 0 bridgehead atoms. The summed E-state index contributed by atoms with van der Waals surface area (Å²) in [5.41, 5.74) is 13.0. The predicted molar refractivity (Wildman–Crippen MR) is 259 cm³/mol. The van der Waals surface area contributed by atoms with Crippen LogP contribution in [0.25, 0.3) is 12.2 Å². The van der Waals surface area contributed by atoms with Crippen molar-refractivity contribution in [2.75, 3.05) is 24.7 Å². The summed E-state index contributed by atoms with van der Waals surface area (Å²) >= 11 is 0. The fourth-order valence-corrected chi connectivity index (χ4v) is 7.05. The van der Waals surface area contributed by atoms with Gasteiger partial charge in [-0.25, -0.2) is 14.4 Å². The molecule has 6 aromatic rings. The van der Waals surface area contributed by atoms with Crippen LogP contribution < -0.4 is 4.90 Å². The number of carbonyl (C=O) groups excluding carboxylic acids is 3. The van der Waals surface area contributed by atoms with E-state index in [1.54, 1.807) is 20.8 Å². The smallest absolute Gasteiger partial charge is 0.333 e. The lowest BCUT2D eigenvalue weighted by atomic mass is 9.84. The third-order valence-electron chi connectivity index (χ3n) is 10.6. The maximum atomic E-state index is 11.9. The van der Waals surface area contributed by atoms with Gasteiger partial charge in [0.05, 0.1) is 19.8 Å².